The van der Waals surface area contributed by atoms with E-state index in [-0.39, 0.29) is 6.54 Å². The van der Waals surface area contributed by atoms with Crippen molar-refractivity contribution in [2.24, 2.45) is 5.73 Å². The second-order valence-electron chi connectivity index (χ2n) is 4.28. The summed E-state index contributed by atoms with van der Waals surface area (Å²) in [7, 11) is 0. The SMILES string of the molecule is NCC(Oc1cccc2c1CCCC2)C(=O)O. The van der Waals surface area contributed by atoms with Gasteiger partial charge in [-0.25, -0.2) is 4.79 Å². The quantitative estimate of drug-likeness (QED) is 0.826. The molecule has 1 aliphatic rings. The molecule has 0 fully saturated rings. The van der Waals surface area contributed by atoms with Gasteiger partial charge in [0.1, 0.15) is 5.75 Å². The third kappa shape index (κ3) is 2.58. The van der Waals surface area contributed by atoms with Gasteiger partial charge >= 0.3 is 5.97 Å². The minimum Gasteiger partial charge on any atom is -0.478 e. The Hall–Kier alpha value is -1.55. The summed E-state index contributed by atoms with van der Waals surface area (Å²) in [6, 6.07) is 5.82. The van der Waals surface area contributed by atoms with Crippen LogP contribution in [-0.4, -0.2) is 23.7 Å². The average molecular weight is 235 g/mol. The van der Waals surface area contributed by atoms with Crippen LogP contribution in [0, 0.1) is 0 Å². The van der Waals surface area contributed by atoms with Gasteiger partial charge < -0.3 is 15.6 Å². The molecule has 0 saturated heterocycles. The lowest BCUT2D eigenvalue weighted by Crippen LogP contribution is -2.35. The summed E-state index contributed by atoms with van der Waals surface area (Å²) in [5.41, 5.74) is 7.82. The number of aryl methyl sites for hydroxylation is 1. The van der Waals surface area contributed by atoms with E-state index in [1.165, 1.54) is 12.0 Å². The first-order valence-corrected chi connectivity index (χ1v) is 5.92. The minimum atomic E-state index is -1.01. The number of carboxylic acids is 1. The molecule has 2 rings (SSSR count). The summed E-state index contributed by atoms with van der Waals surface area (Å²) < 4.78 is 5.50. The highest BCUT2D eigenvalue weighted by atomic mass is 16.5. The van der Waals surface area contributed by atoms with E-state index in [0.29, 0.717) is 5.75 Å². The zero-order chi connectivity index (χ0) is 12.3. The van der Waals surface area contributed by atoms with Gasteiger partial charge in [0.25, 0.3) is 0 Å². The Kier molecular flexibility index (Phi) is 3.64. The van der Waals surface area contributed by atoms with E-state index < -0.39 is 12.1 Å². The molecule has 4 heteroatoms. The average Bonchev–Trinajstić information content (AvgIpc) is 2.35. The zero-order valence-electron chi connectivity index (χ0n) is 9.69. The van der Waals surface area contributed by atoms with Crippen LogP contribution < -0.4 is 10.5 Å². The first-order chi connectivity index (χ1) is 8.22. The van der Waals surface area contributed by atoms with Crippen LogP contribution in [-0.2, 0) is 17.6 Å². The lowest BCUT2D eigenvalue weighted by molar-refractivity contribution is -0.144. The maximum absolute atomic E-state index is 10.9. The molecule has 1 aromatic rings. The number of carbonyl (C=O) groups is 1. The van der Waals surface area contributed by atoms with E-state index in [1.807, 2.05) is 12.1 Å². The number of ether oxygens (including phenoxy) is 1. The Morgan fingerprint density at radius 1 is 1.41 bits per heavy atom. The topological polar surface area (TPSA) is 72.5 Å². The van der Waals surface area contributed by atoms with Crippen LogP contribution in [0.4, 0.5) is 0 Å². The highest BCUT2D eigenvalue weighted by Crippen LogP contribution is 2.30. The first-order valence-electron chi connectivity index (χ1n) is 5.92. The van der Waals surface area contributed by atoms with Crippen molar-refractivity contribution >= 4 is 5.97 Å². The molecule has 0 heterocycles. The normalized spacial score (nSPS) is 16.1. The monoisotopic (exact) mass is 235 g/mol. The summed E-state index contributed by atoms with van der Waals surface area (Å²) in [6.07, 6.45) is 3.38. The van der Waals surface area contributed by atoms with E-state index in [0.717, 1.165) is 24.8 Å². The standard InChI is InChI=1S/C13H17NO3/c14-8-12(13(15)16)17-11-7-3-5-9-4-1-2-6-10(9)11/h3,5,7,12H,1-2,4,6,8,14H2,(H,15,16). The van der Waals surface area contributed by atoms with Crippen LogP contribution in [0.2, 0.25) is 0 Å². The summed E-state index contributed by atoms with van der Waals surface area (Å²) in [5.74, 6) is -0.332. The van der Waals surface area contributed by atoms with Crippen LogP contribution in [0.3, 0.4) is 0 Å². The van der Waals surface area contributed by atoms with Gasteiger partial charge in [0.2, 0.25) is 6.10 Å². The number of fused-ring (bicyclic) bond motifs is 1. The predicted molar refractivity (Wildman–Crippen MR) is 64.2 cm³/mol. The molecule has 0 spiro atoms. The Bertz CT molecular complexity index is 417. The molecule has 17 heavy (non-hydrogen) atoms. The van der Waals surface area contributed by atoms with Crippen LogP contribution in [0.1, 0.15) is 24.0 Å². The summed E-state index contributed by atoms with van der Waals surface area (Å²) in [6.45, 7) is -0.0149. The second kappa shape index (κ2) is 5.19. The molecule has 4 nitrogen and oxygen atoms in total. The lowest BCUT2D eigenvalue weighted by Gasteiger charge is -2.21. The molecule has 1 aliphatic carbocycles. The molecular weight excluding hydrogens is 218 g/mol. The summed E-state index contributed by atoms with van der Waals surface area (Å²) >= 11 is 0. The van der Waals surface area contributed by atoms with Crippen LogP contribution >= 0.6 is 0 Å². The van der Waals surface area contributed by atoms with Crippen molar-refractivity contribution in [2.75, 3.05) is 6.54 Å². The fourth-order valence-electron chi connectivity index (χ4n) is 2.21. The minimum absolute atomic E-state index is 0.0149. The Labute approximate surface area is 100 Å². The van der Waals surface area contributed by atoms with Gasteiger partial charge in [-0.05, 0) is 42.9 Å². The van der Waals surface area contributed by atoms with Gasteiger partial charge in [-0.3, -0.25) is 0 Å². The van der Waals surface area contributed by atoms with Gasteiger partial charge in [-0.15, -0.1) is 0 Å². The molecule has 0 radical (unpaired) electrons. The Morgan fingerprint density at radius 2 is 2.18 bits per heavy atom. The molecule has 0 aliphatic heterocycles. The number of nitrogens with two attached hydrogens (primary N) is 1. The molecular formula is C13H17NO3. The summed E-state index contributed by atoms with van der Waals surface area (Å²) in [4.78, 5) is 10.9. The number of rotatable bonds is 4. The third-order valence-corrected chi connectivity index (χ3v) is 3.11. The molecule has 0 amide bonds. The molecule has 1 aromatic carbocycles. The Balaban J connectivity index is 2.23. The van der Waals surface area contributed by atoms with Gasteiger partial charge in [0, 0.05) is 6.54 Å². The van der Waals surface area contributed by atoms with Crippen molar-refractivity contribution in [3.63, 3.8) is 0 Å². The van der Waals surface area contributed by atoms with E-state index >= 15 is 0 Å². The van der Waals surface area contributed by atoms with Crippen LogP contribution in [0.5, 0.6) is 5.75 Å². The van der Waals surface area contributed by atoms with E-state index in [2.05, 4.69) is 6.07 Å². The van der Waals surface area contributed by atoms with Crippen molar-refractivity contribution < 1.29 is 14.6 Å². The van der Waals surface area contributed by atoms with E-state index in [9.17, 15) is 4.79 Å². The molecule has 3 N–H and O–H groups in total. The van der Waals surface area contributed by atoms with Gasteiger partial charge in [-0.1, -0.05) is 12.1 Å². The number of benzene rings is 1. The largest absolute Gasteiger partial charge is 0.478 e. The van der Waals surface area contributed by atoms with Crippen molar-refractivity contribution in [2.45, 2.75) is 31.8 Å². The number of aliphatic carboxylic acids is 1. The van der Waals surface area contributed by atoms with Crippen LogP contribution in [0.15, 0.2) is 18.2 Å². The van der Waals surface area contributed by atoms with Gasteiger partial charge in [0.15, 0.2) is 0 Å². The van der Waals surface area contributed by atoms with Gasteiger partial charge in [0.05, 0.1) is 0 Å². The fraction of sp³-hybridized carbons (Fsp3) is 0.462. The molecule has 0 bridgehead atoms. The van der Waals surface area contributed by atoms with E-state index in [1.54, 1.807) is 0 Å². The number of hydrogen-bond donors (Lipinski definition) is 2. The molecule has 0 saturated carbocycles. The highest BCUT2D eigenvalue weighted by Gasteiger charge is 2.20. The molecule has 92 valence electrons. The predicted octanol–water partition coefficient (Wildman–Crippen LogP) is 1.36. The lowest BCUT2D eigenvalue weighted by atomic mass is 9.91. The fourth-order valence-corrected chi connectivity index (χ4v) is 2.21. The second-order valence-corrected chi connectivity index (χ2v) is 4.28. The molecule has 1 atom stereocenters. The smallest absolute Gasteiger partial charge is 0.346 e. The van der Waals surface area contributed by atoms with Crippen molar-refractivity contribution in [1.82, 2.24) is 0 Å². The highest BCUT2D eigenvalue weighted by molar-refractivity contribution is 5.73. The maximum Gasteiger partial charge on any atom is 0.346 e. The first kappa shape index (κ1) is 11.9. The molecule has 0 aromatic heterocycles. The van der Waals surface area contributed by atoms with Crippen LogP contribution in [0.25, 0.3) is 0 Å². The molecule has 1 unspecified atom stereocenters. The third-order valence-electron chi connectivity index (χ3n) is 3.11. The van der Waals surface area contributed by atoms with Gasteiger partial charge in [-0.2, -0.15) is 0 Å². The van der Waals surface area contributed by atoms with Crippen molar-refractivity contribution in [3.05, 3.63) is 29.3 Å². The number of hydrogen-bond acceptors (Lipinski definition) is 3. The van der Waals surface area contributed by atoms with E-state index in [4.69, 9.17) is 15.6 Å². The maximum atomic E-state index is 10.9. The summed E-state index contributed by atoms with van der Waals surface area (Å²) in [5, 5.41) is 8.93. The Morgan fingerprint density at radius 3 is 2.88 bits per heavy atom. The van der Waals surface area contributed by atoms with Crippen molar-refractivity contribution in [3.8, 4) is 5.75 Å². The van der Waals surface area contributed by atoms with Crippen molar-refractivity contribution in [1.29, 1.82) is 0 Å². The zero-order valence-corrected chi connectivity index (χ0v) is 9.69. The number of carboxylic acid groups (broad SMARTS) is 1.